The molecule has 1 rings (SSSR count). The van der Waals surface area contributed by atoms with Gasteiger partial charge in [-0.2, -0.15) is 0 Å². The molecule has 0 saturated heterocycles. The van der Waals surface area contributed by atoms with Crippen LogP contribution in [0.3, 0.4) is 0 Å². The first kappa shape index (κ1) is 9.72. The predicted octanol–water partition coefficient (Wildman–Crippen LogP) is 2.00. The number of phenolic OH excluding ortho intramolecular Hbond substituents is 1. The van der Waals surface area contributed by atoms with Crippen LogP contribution in [-0.4, -0.2) is 11.7 Å². The zero-order valence-electron chi connectivity index (χ0n) is 6.23. The van der Waals surface area contributed by atoms with Gasteiger partial charge in [0.15, 0.2) is 0 Å². The number of rotatable bonds is 1. The minimum absolute atomic E-state index is 0.167. The number of aromatic hydroxyl groups is 1. The van der Waals surface area contributed by atoms with Crippen LogP contribution in [-0.2, 0) is 5.11 Å². The van der Waals surface area contributed by atoms with Crippen molar-refractivity contribution >= 4 is 0 Å². The van der Waals surface area contributed by atoms with Crippen molar-refractivity contribution in [3.8, 4) is 5.75 Å². The molecule has 1 aromatic carbocycles. The van der Waals surface area contributed by atoms with Crippen molar-refractivity contribution in [3.63, 3.8) is 0 Å². The fourth-order valence-corrected chi connectivity index (χ4v) is 0.428. The number of phenols is 1. The molecule has 0 aliphatic heterocycles. The highest BCUT2D eigenvalue weighted by molar-refractivity contribution is 5.18. The molecule has 0 aromatic heterocycles. The van der Waals surface area contributed by atoms with Crippen molar-refractivity contribution in [2.45, 2.75) is 0 Å². The Morgan fingerprint density at radius 1 is 1.36 bits per heavy atom. The topological polar surface area (TPSA) is 40.1 Å². The standard InChI is InChI=1S/C6H6O.C3H5O/c7-6-4-2-1-3-5-6;1-2-3-4/h1-5,7H;2H,1,3H2. The molecule has 0 amide bonds. The van der Waals surface area contributed by atoms with E-state index in [9.17, 15) is 5.11 Å². The van der Waals surface area contributed by atoms with Gasteiger partial charge in [0.05, 0.1) is 0 Å². The average Bonchev–Trinajstić information content (AvgIpc) is 2.07. The molecular weight excluding hydrogens is 140 g/mol. The van der Waals surface area contributed by atoms with Crippen molar-refractivity contribution in [1.82, 2.24) is 0 Å². The zero-order chi connectivity index (χ0) is 8.53. The molecule has 0 atom stereocenters. The maximum Gasteiger partial charge on any atom is 0.115 e. The summed E-state index contributed by atoms with van der Waals surface area (Å²) in [5.74, 6) is 0.322. The van der Waals surface area contributed by atoms with Gasteiger partial charge in [-0.05, 0) is 12.1 Å². The Hall–Kier alpha value is -1.28. The second-order valence-corrected chi connectivity index (χ2v) is 1.79. The van der Waals surface area contributed by atoms with Crippen LogP contribution in [0.5, 0.6) is 5.75 Å². The van der Waals surface area contributed by atoms with E-state index in [4.69, 9.17) is 5.11 Å². The van der Waals surface area contributed by atoms with E-state index in [0.29, 0.717) is 5.75 Å². The molecule has 0 aliphatic carbocycles. The van der Waals surface area contributed by atoms with Crippen LogP contribution in [0.15, 0.2) is 43.0 Å². The van der Waals surface area contributed by atoms with Crippen LogP contribution in [0.4, 0.5) is 0 Å². The van der Waals surface area contributed by atoms with Crippen molar-refractivity contribution in [3.05, 3.63) is 43.0 Å². The van der Waals surface area contributed by atoms with E-state index in [1.807, 2.05) is 6.07 Å². The van der Waals surface area contributed by atoms with Gasteiger partial charge < -0.3 is 5.11 Å². The lowest BCUT2D eigenvalue weighted by atomic mass is 10.3. The van der Waals surface area contributed by atoms with Crippen molar-refractivity contribution in [2.24, 2.45) is 0 Å². The zero-order valence-corrected chi connectivity index (χ0v) is 6.23. The van der Waals surface area contributed by atoms with Crippen LogP contribution in [0.2, 0.25) is 0 Å². The summed E-state index contributed by atoms with van der Waals surface area (Å²) in [5, 5.41) is 17.8. The van der Waals surface area contributed by atoms with E-state index in [-0.39, 0.29) is 6.61 Å². The maximum absolute atomic E-state index is 9.18. The second-order valence-electron chi connectivity index (χ2n) is 1.79. The molecule has 2 heteroatoms. The first-order valence-electron chi connectivity index (χ1n) is 3.24. The summed E-state index contributed by atoms with van der Waals surface area (Å²) in [6.07, 6.45) is 1.32. The predicted molar refractivity (Wildman–Crippen MR) is 43.9 cm³/mol. The van der Waals surface area contributed by atoms with Gasteiger partial charge in [0, 0.05) is 0 Å². The van der Waals surface area contributed by atoms with Gasteiger partial charge >= 0.3 is 0 Å². The van der Waals surface area contributed by atoms with E-state index < -0.39 is 0 Å². The van der Waals surface area contributed by atoms with E-state index in [2.05, 4.69) is 6.58 Å². The maximum atomic E-state index is 9.18. The van der Waals surface area contributed by atoms with Crippen molar-refractivity contribution in [2.75, 3.05) is 6.61 Å². The first-order valence-corrected chi connectivity index (χ1v) is 3.24. The first-order chi connectivity index (χ1) is 5.31. The van der Waals surface area contributed by atoms with Gasteiger partial charge in [0.25, 0.3) is 0 Å². The molecule has 11 heavy (non-hydrogen) atoms. The average molecular weight is 151 g/mol. The van der Waals surface area contributed by atoms with Gasteiger partial charge in [0.2, 0.25) is 0 Å². The Bertz CT molecular complexity index is 182. The summed E-state index contributed by atoms with van der Waals surface area (Å²) in [6.45, 7) is 3.00. The van der Waals surface area contributed by atoms with Gasteiger partial charge in [0.1, 0.15) is 12.4 Å². The highest BCUT2D eigenvalue weighted by Gasteiger charge is 1.74. The Morgan fingerprint density at radius 3 is 2.00 bits per heavy atom. The molecule has 0 saturated carbocycles. The number of benzene rings is 1. The summed E-state index contributed by atoms with van der Waals surface area (Å²) >= 11 is 0. The molecule has 0 aliphatic rings. The molecule has 2 nitrogen and oxygen atoms in total. The smallest absolute Gasteiger partial charge is 0.115 e. The monoisotopic (exact) mass is 151 g/mol. The molecule has 59 valence electrons. The Kier molecular flexibility index (Phi) is 6.04. The van der Waals surface area contributed by atoms with Crippen LogP contribution < -0.4 is 0 Å². The largest absolute Gasteiger partial charge is 0.508 e. The fraction of sp³-hybridized carbons (Fsp3) is 0.111. The van der Waals surface area contributed by atoms with Crippen LogP contribution >= 0.6 is 0 Å². The molecule has 0 fully saturated rings. The van der Waals surface area contributed by atoms with Gasteiger partial charge in [-0.1, -0.05) is 24.3 Å². The fourth-order valence-electron chi connectivity index (χ4n) is 0.428. The molecule has 1 N–H and O–H groups in total. The number of para-hydroxylation sites is 1. The SMILES string of the molecule is C=CC[O].Oc1ccccc1. The van der Waals surface area contributed by atoms with Crippen LogP contribution in [0.25, 0.3) is 0 Å². The van der Waals surface area contributed by atoms with E-state index >= 15 is 0 Å². The third-order valence-electron chi connectivity index (χ3n) is 0.874. The quantitative estimate of drug-likeness (QED) is 0.612. The lowest BCUT2D eigenvalue weighted by Crippen LogP contribution is -1.58. The van der Waals surface area contributed by atoms with E-state index in [0.717, 1.165) is 0 Å². The molecule has 1 radical (unpaired) electrons. The molecular formula is C9H11O2. The minimum atomic E-state index is -0.167. The molecule has 0 heterocycles. The lowest BCUT2D eigenvalue weighted by Gasteiger charge is -1.82. The summed E-state index contributed by atoms with van der Waals surface area (Å²) in [7, 11) is 0. The Balaban J connectivity index is 0.000000218. The molecule has 1 aromatic rings. The summed E-state index contributed by atoms with van der Waals surface area (Å²) in [5.41, 5.74) is 0. The van der Waals surface area contributed by atoms with Gasteiger partial charge in [-0.3, -0.25) is 0 Å². The van der Waals surface area contributed by atoms with Gasteiger partial charge in [-0.25, -0.2) is 5.11 Å². The number of hydrogen-bond donors (Lipinski definition) is 1. The van der Waals surface area contributed by atoms with Crippen molar-refractivity contribution in [1.29, 1.82) is 0 Å². The molecule has 0 unspecified atom stereocenters. The van der Waals surface area contributed by atoms with Crippen LogP contribution in [0, 0.1) is 0 Å². The third kappa shape index (κ3) is 6.61. The minimum Gasteiger partial charge on any atom is -0.508 e. The third-order valence-corrected chi connectivity index (χ3v) is 0.874. The van der Waals surface area contributed by atoms with Gasteiger partial charge in [-0.15, -0.1) is 6.58 Å². The number of hydrogen-bond acceptors (Lipinski definition) is 1. The Morgan fingerprint density at radius 2 is 1.82 bits per heavy atom. The summed E-state index contributed by atoms with van der Waals surface area (Å²) < 4.78 is 0. The highest BCUT2D eigenvalue weighted by Crippen LogP contribution is 2.02. The molecule has 0 spiro atoms. The highest BCUT2D eigenvalue weighted by atomic mass is 16.3. The van der Waals surface area contributed by atoms with Crippen LogP contribution in [0.1, 0.15) is 0 Å². The molecule has 0 bridgehead atoms. The van der Waals surface area contributed by atoms with E-state index in [1.54, 1.807) is 24.3 Å². The normalized spacial score (nSPS) is 7.73. The summed E-state index contributed by atoms with van der Waals surface area (Å²) in [6, 6.07) is 8.71. The van der Waals surface area contributed by atoms with Crippen molar-refractivity contribution < 1.29 is 10.2 Å². The van der Waals surface area contributed by atoms with E-state index in [1.165, 1.54) is 6.08 Å². The summed E-state index contributed by atoms with van der Waals surface area (Å²) in [4.78, 5) is 0. The lowest BCUT2D eigenvalue weighted by molar-refractivity contribution is 0.232. The second kappa shape index (κ2) is 6.83. The Labute approximate surface area is 66.4 Å².